The van der Waals surface area contributed by atoms with Gasteiger partial charge >= 0.3 is 0 Å². The molecule has 62 valence electrons. The molecular weight excluding hydrogens is 237 g/mol. The molecule has 0 radical (unpaired) electrons. The zero-order chi connectivity index (χ0) is 9.14. The first kappa shape index (κ1) is 9.57. The van der Waals surface area contributed by atoms with Crippen LogP contribution in [-0.2, 0) is 0 Å². The van der Waals surface area contributed by atoms with E-state index in [4.69, 9.17) is 18.0 Å². The zero-order valence-corrected chi connectivity index (χ0v) is 8.85. The summed E-state index contributed by atoms with van der Waals surface area (Å²) in [5.74, 6) is 2.61. The first-order chi connectivity index (χ1) is 5.65. The maximum atomic E-state index is 5.84. The topological polar surface area (TPSA) is 12.9 Å². The molecule has 1 unspecified atom stereocenters. The molecule has 1 aromatic rings. The monoisotopic (exact) mass is 243 g/mol. The highest BCUT2D eigenvalue weighted by Gasteiger charge is 2.07. The number of nitrogens with zero attached hydrogens (tertiary/aromatic N) is 1. The summed E-state index contributed by atoms with van der Waals surface area (Å²) in [7, 11) is 0. The van der Waals surface area contributed by atoms with Crippen LogP contribution in [0.4, 0.5) is 0 Å². The third-order valence-electron chi connectivity index (χ3n) is 1.55. The first-order valence-corrected chi connectivity index (χ1v) is 4.59. The number of terminal acetylenes is 1. The highest BCUT2D eigenvalue weighted by Crippen LogP contribution is 2.24. The van der Waals surface area contributed by atoms with E-state index in [2.05, 4.69) is 26.8 Å². The lowest BCUT2D eigenvalue weighted by Crippen LogP contribution is -1.92. The second-order valence-corrected chi connectivity index (χ2v) is 3.70. The molecule has 0 N–H and O–H groups in total. The molecule has 3 heteroatoms. The highest BCUT2D eigenvalue weighted by molar-refractivity contribution is 9.10. The van der Waals surface area contributed by atoms with Crippen LogP contribution in [0, 0.1) is 12.3 Å². The predicted molar refractivity (Wildman–Crippen MR) is 54.2 cm³/mol. The Morgan fingerprint density at radius 2 is 2.42 bits per heavy atom. The predicted octanol–water partition coefficient (Wildman–Crippen LogP) is 3.23. The number of halogens is 2. The largest absolute Gasteiger partial charge is 0.243 e. The Morgan fingerprint density at radius 3 is 3.00 bits per heavy atom. The summed E-state index contributed by atoms with van der Waals surface area (Å²) in [6.45, 7) is 1.91. The van der Waals surface area contributed by atoms with Gasteiger partial charge in [0.25, 0.3) is 0 Å². The SMILES string of the molecule is C#CC(C)c1cc(Br)cnc1Cl. The van der Waals surface area contributed by atoms with Gasteiger partial charge in [0.05, 0.1) is 0 Å². The molecule has 1 atom stereocenters. The maximum Gasteiger partial charge on any atom is 0.133 e. The molecule has 1 nitrogen and oxygen atoms in total. The van der Waals surface area contributed by atoms with Gasteiger partial charge in [-0.15, -0.1) is 6.42 Å². The Labute approximate surface area is 85.3 Å². The molecular formula is C9H7BrClN. The summed E-state index contributed by atoms with van der Waals surface area (Å²) in [4.78, 5) is 3.97. The fourth-order valence-electron chi connectivity index (χ4n) is 0.832. The van der Waals surface area contributed by atoms with Crippen LogP contribution < -0.4 is 0 Å². The van der Waals surface area contributed by atoms with E-state index in [1.54, 1.807) is 6.20 Å². The Bertz CT molecular complexity index is 330. The Hall–Kier alpha value is -0.520. The molecule has 0 aliphatic heterocycles. The number of aromatic nitrogens is 1. The lowest BCUT2D eigenvalue weighted by molar-refractivity contribution is 0.986. The van der Waals surface area contributed by atoms with Crippen molar-refractivity contribution in [1.82, 2.24) is 4.98 Å². The fraction of sp³-hybridized carbons (Fsp3) is 0.222. The van der Waals surface area contributed by atoms with Crippen molar-refractivity contribution >= 4 is 27.5 Å². The van der Waals surface area contributed by atoms with Gasteiger partial charge in [0.1, 0.15) is 5.15 Å². The molecule has 1 rings (SSSR count). The summed E-state index contributed by atoms with van der Waals surface area (Å²) >= 11 is 9.15. The van der Waals surface area contributed by atoms with E-state index < -0.39 is 0 Å². The quantitative estimate of drug-likeness (QED) is 0.546. The zero-order valence-electron chi connectivity index (χ0n) is 6.51. The van der Waals surface area contributed by atoms with E-state index in [9.17, 15) is 0 Å². The van der Waals surface area contributed by atoms with Crippen molar-refractivity contribution in [2.45, 2.75) is 12.8 Å². The van der Waals surface area contributed by atoms with Gasteiger partial charge in [0.15, 0.2) is 0 Å². The van der Waals surface area contributed by atoms with Crippen LogP contribution in [0.3, 0.4) is 0 Å². The summed E-state index contributed by atoms with van der Waals surface area (Å²) in [5.41, 5.74) is 0.883. The lowest BCUT2D eigenvalue weighted by atomic mass is 10.1. The molecule has 0 saturated heterocycles. The minimum absolute atomic E-state index is 0.00231. The van der Waals surface area contributed by atoms with E-state index in [-0.39, 0.29) is 5.92 Å². The second kappa shape index (κ2) is 3.93. The minimum atomic E-state index is 0.00231. The van der Waals surface area contributed by atoms with Gasteiger partial charge in [-0.2, -0.15) is 0 Å². The molecule has 0 fully saturated rings. The third-order valence-corrected chi connectivity index (χ3v) is 2.30. The van der Waals surface area contributed by atoms with Gasteiger partial charge in [-0.05, 0) is 28.9 Å². The van der Waals surface area contributed by atoms with Gasteiger partial charge in [0.2, 0.25) is 0 Å². The summed E-state index contributed by atoms with van der Waals surface area (Å²) < 4.78 is 0.893. The van der Waals surface area contributed by atoms with Crippen molar-refractivity contribution in [2.75, 3.05) is 0 Å². The van der Waals surface area contributed by atoms with Gasteiger partial charge in [-0.1, -0.05) is 17.5 Å². The third kappa shape index (κ3) is 2.00. The normalized spacial score (nSPS) is 12.2. The molecule has 0 spiro atoms. The van der Waals surface area contributed by atoms with Crippen molar-refractivity contribution in [3.8, 4) is 12.3 Å². The Kier molecular flexibility index (Phi) is 3.13. The van der Waals surface area contributed by atoms with Gasteiger partial charge in [-0.25, -0.2) is 4.98 Å². The smallest absolute Gasteiger partial charge is 0.133 e. The summed E-state index contributed by atoms with van der Waals surface area (Å²) in [6.07, 6.45) is 6.92. The minimum Gasteiger partial charge on any atom is -0.243 e. The van der Waals surface area contributed by atoms with Crippen LogP contribution in [0.2, 0.25) is 5.15 Å². The van der Waals surface area contributed by atoms with E-state index in [1.807, 2.05) is 13.0 Å². The van der Waals surface area contributed by atoms with Crippen LogP contribution >= 0.6 is 27.5 Å². The molecule has 0 aliphatic rings. The Morgan fingerprint density at radius 1 is 1.75 bits per heavy atom. The molecule has 0 saturated carbocycles. The van der Waals surface area contributed by atoms with Gasteiger partial charge in [-0.3, -0.25) is 0 Å². The van der Waals surface area contributed by atoms with Gasteiger partial charge < -0.3 is 0 Å². The van der Waals surface area contributed by atoms with Crippen LogP contribution in [-0.4, -0.2) is 4.98 Å². The van der Waals surface area contributed by atoms with Crippen LogP contribution in [0.5, 0.6) is 0 Å². The fourth-order valence-corrected chi connectivity index (χ4v) is 1.45. The van der Waals surface area contributed by atoms with Crippen LogP contribution in [0.25, 0.3) is 0 Å². The highest BCUT2D eigenvalue weighted by atomic mass is 79.9. The van der Waals surface area contributed by atoms with Crippen molar-refractivity contribution < 1.29 is 0 Å². The summed E-state index contributed by atoms with van der Waals surface area (Å²) in [6, 6.07) is 1.89. The van der Waals surface area contributed by atoms with Crippen LogP contribution in [0.15, 0.2) is 16.7 Å². The first-order valence-electron chi connectivity index (χ1n) is 3.42. The van der Waals surface area contributed by atoms with Crippen LogP contribution in [0.1, 0.15) is 18.4 Å². The molecule has 12 heavy (non-hydrogen) atoms. The van der Waals surface area contributed by atoms with Crippen molar-refractivity contribution in [3.63, 3.8) is 0 Å². The van der Waals surface area contributed by atoms with E-state index in [1.165, 1.54) is 0 Å². The second-order valence-electron chi connectivity index (χ2n) is 2.42. The average molecular weight is 245 g/mol. The standard InChI is InChI=1S/C9H7BrClN/c1-3-6(2)8-4-7(10)5-12-9(8)11/h1,4-6H,2H3. The van der Waals surface area contributed by atoms with E-state index in [0.717, 1.165) is 10.0 Å². The van der Waals surface area contributed by atoms with Crippen molar-refractivity contribution in [2.24, 2.45) is 0 Å². The summed E-state index contributed by atoms with van der Waals surface area (Å²) in [5, 5.41) is 0.476. The number of pyridine rings is 1. The van der Waals surface area contributed by atoms with E-state index in [0.29, 0.717) is 5.15 Å². The van der Waals surface area contributed by atoms with Gasteiger partial charge in [0, 0.05) is 22.2 Å². The molecule has 0 aliphatic carbocycles. The number of hydrogen-bond donors (Lipinski definition) is 0. The lowest BCUT2D eigenvalue weighted by Gasteiger charge is -2.05. The molecule has 0 aromatic carbocycles. The number of hydrogen-bond acceptors (Lipinski definition) is 1. The van der Waals surface area contributed by atoms with E-state index >= 15 is 0 Å². The maximum absolute atomic E-state index is 5.84. The van der Waals surface area contributed by atoms with Crippen molar-refractivity contribution in [1.29, 1.82) is 0 Å². The molecule has 0 bridgehead atoms. The molecule has 0 amide bonds. The average Bonchev–Trinajstić information content (AvgIpc) is 2.08. The number of rotatable bonds is 1. The Balaban J connectivity index is 3.15. The molecule has 1 aromatic heterocycles. The molecule has 1 heterocycles. The van der Waals surface area contributed by atoms with Crippen molar-refractivity contribution in [3.05, 3.63) is 27.5 Å².